The summed E-state index contributed by atoms with van der Waals surface area (Å²) in [5.41, 5.74) is 3.61. The molecule has 1 N–H and O–H groups in total. The van der Waals surface area contributed by atoms with Gasteiger partial charge in [0, 0.05) is 48.9 Å². The van der Waals surface area contributed by atoms with Gasteiger partial charge in [-0.1, -0.05) is 24.3 Å². The van der Waals surface area contributed by atoms with Crippen molar-refractivity contribution in [3.63, 3.8) is 0 Å². The Balaban J connectivity index is 1.11. The molecule has 0 spiro atoms. The molecule has 8 rings (SSSR count). The van der Waals surface area contributed by atoms with Crippen LogP contribution in [0, 0.1) is 13.8 Å². The van der Waals surface area contributed by atoms with E-state index < -0.39 is 48.7 Å². The number of benzene rings is 4. The Kier molecular flexibility index (Phi) is 10.4. The van der Waals surface area contributed by atoms with Crippen LogP contribution >= 0.6 is 0 Å². The number of carboxylic acid groups (broad SMARTS) is 1. The van der Waals surface area contributed by atoms with E-state index in [0.29, 0.717) is 52.7 Å². The smallest absolute Gasteiger partial charge is 0.420 e. The molecule has 17 heteroatoms. The number of rotatable bonds is 12. The minimum Gasteiger partial charge on any atom is -0.480 e. The van der Waals surface area contributed by atoms with Gasteiger partial charge in [-0.05, 0) is 91.4 Å². The molecule has 4 heterocycles. The molecule has 0 bridgehead atoms. The standard InChI is InChI=1S/C41H35F7N4O6/c1-20-25(6-3-8-27(20)36-49-30-14-23(17-52-11-5-10-32(52)38(53)54)33(57-40(44)45)15-34(30)56-36)26-7-4-9-28(21(26)2)37-50-31-13-22(12-29(35(31)58-37)41(46,47)48)16-51-18-24(19-51)55-39(42)43/h3-4,6-9,12-15,24,32,39-40H,5,10-11,16-19H2,1-2H3,(H,53,54)/t32-/m0/s1. The lowest BCUT2D eigenvalue weighted by Gasteiger charge is -2.38. The lowest BCUT2D eigenvalue weighted by atomic mass is 9.91. The molecule has 0 radical (unpaired) electrons. The molecule has 1 atom stereocenters. The molecule has 4 aromatic carbocycles. The molecule has 0 saturated carbocycles. The van der Waals surface area contributed by atoms with Gasteiger partial charge in [0.1, 0.15) is 28.4 Å². The number of oxazole rings is 2. The summed E-state index contributed by atoms with van der Waals surface area (Å²) < 4.78 is 116. The maximum Gasteiger partial charge on any atom is 0.420 e. The second kappa shape index (κ2) is 15.3. The van der Waals surface area contributed by atoms with E-state index in [1.165, 1.54) is 12.1 Å². The number of aliphatic carboxylic acids is 1. The summed E-state index contributed by atoms with van der Waals surface area (Å²) >= 11 is 0. The topological polar surface area (TPSA) is 114 Å². The van der Waals surface area contributed by atoms with Crippen LogP contribution in [0.15, 0.2) is 69.5 Å². The van der Waals surface area contributed by atoms with Crippen LogP contribution in [-0.2, 0) is 28.8 Å². The van der Waals surface area contributed by atoms with Gasteiger partial charge in [0.15, 0.2) is 11.2 Å². The van der Waals surface area contributed by atoms with Crippen LogP contribution in [0.2, 0.25) is 0 Å². The van der Waals surface area contributed by atoms with Gasteiger partial charge in [-0.25, -0.2) is 9.97 Å². The Morgan fingerprint density at radius 1 is 0.862 bits per heavy atom. The molecular formula is C41H35F7N4O6. The molecule has 2 aliphatic rings. The van der Waals surface area contributed by atoms with E-state index in [1.54, 1.807) is 47.1 Å². The number of fused-ring (bicyclic) bond motifs is 2. The average Bonchev–Trinajstić information content (AvgIpc) is 3.88. The van der Waals surface area contributed by atoms with Crippen molar-refractivity contribution in [3.05, 3.63) is 88.5 Å². The second-order valence-electron chi connectivity index (χ2n) is 14.5. The van der Waals surface area contributed by atoms with Gasteiger partial charge in [-0.2, -0.15) is 30.7 Å². The van der Waals surface area contributed by atoms with Gasteiger partial charge in [-0.15, -0.1) is 0 Å². The zero-order chi connectivity index (χ0) is 41.0. The van der Waals surface area contributed by atoms with E-state index in [4.69, 9.17) is 13.6 Å². The molecule has 2 saturated heterocycles. The molecular weight excluding hydrogens is 777 g/mol. The van der Waals surface area contributed by atoms with Crippen LogP contribution in [0.3, 0.4) is 0 Å². The third kappa shape index (κ3) is 7.73. The summed E-state index contributed by atoms with van der Waals surface area (Å²) in [7, 11) is 0. The van der Waals surface area contributed by atoms with E-state index in [0.717, 1.165) is 22.8 Å². The van der Waals surface area contributed by atoms with Crippen LogP contribution in [0.5, 0.6) is 5.75 Å². The number of carboxylic acids is 1. The lowest BCUT2D eigenvalue weighted by molar-refractivity contribution is -0.197. The number of alkyl halides is 7. The van der Waals surface area contributed by atoms with Crippen molar-refractivity contribution < 1.29 is 58.9 Å². The Morgan fingerprint density at radius 2 is 1.50 bits per heavy atom. The summed E-state index contributed by atoms with van der Waals surface area (Å²) in [6, 6.07) is 15.3. The highest BCUT2D eigenvalue weighted by Crippen LogP contribution is 2.42. The van der Waals surface area contributed by atoms with Crippen LogP contribution < -0.4 is 4.74 Å². The molecule has 2 aliphatic heterocycles. The van der Waals surface area contributed by atoms with E-state index in [9.17, 15) is 40.6 Å². The number of likely N-dealkylation sites (tertiary alicyclic amines) is 2. The molecule has 0 aliphatic carbocycles. The van der Waals surface area contributed by atoms with Crippen molar-refractivity contribution in [2.75, 3.05) is 19.6 Å². The summed E-state index contributed by atoms with van der Waals surface area (Å²) in [5.74, 6) is -0.975. The van der Waals surface area contributed by atoms with Gasteiger partial charge in [-0.3, -0.25) is 14.6 Å². The quantitative estimate of drug-likeness (QED) is 0.120. The van der Waals surface area contributed by atoms with Crippen LogP contribution in [0.4, 0.5) is 30.7 Å². The van der Waals surface area contributed by atoms with Crippen molar-refractivity contribution in [2.45, 2.75) is 71.3 Å². The van der Waals surface area contributed by atoms with Gasteiger partial charge in [0.05, 0.1) is 6.10 Å². The summed E-state index contributed by atoms with van der Waals surface area (Å²) in [6.45, 7) is -1.50. The van der Waals surface area contributed by atoms with Crippen molar-refractivity contribution in [2.24, 2.45) is 0 Å². The van der Waals surface area contributed by atoms with Gasteiger partial charge < -0.3 is 23.4 Å². The van der Waals surface area contributed by atoms with Crippen LogP contribution in [0.1, 0.15) is 40.7 Å². The molecule has 2 aromatic heterocycles. The highest BCUT2D eigenvalue weighted by molar-refractivity contribution is 5.86. The SMILES string of the molecule is Cc1c(-c2nc3cc(CN4CCC[C@H]4C(=O)O)c(OC(F)F)cc3o2)cccc1-c1cccc(-c2nc3cc(CN4CC(OC(F)F)C4)cc(C(F)(F)F)c3o2)c1C. The van der Waals surface area contributed by atoms with Gasteiger partial charge in [0.25, 0.3) is 0 Å². The first-order valence-electron chi connectivity index (χ1n) is 18.3. The largest absolute Gasteiger partial charge is 0.480 e. The molecule has 0 amide bonds. The van der Waals surface area contributed by atoms with Crippen molar-refractivity contribution in [1.29, 1.82) is 0 Å². The van der Waals surface area contributed by atoms with Crippen LogP contribution in [-0.4, -0.2) is 75.8 Å². The molecule has 0 unspecified atom stereocenters. The monoisotopic (exact) mass is 812 g/mol. The fraction of sp³-hybridized carbons (Fsp3) is 0.341. The summed E-state index contributed by atoms with van der Waals surface area (Å²) in [6.07, 6.45) is -4.37. The highest BCUT2D eigenvalue weighted by Gasteiger charge is 2.37. The summed E-state index contributed by atoms with van der Waals surface area (Å²) in [5, 5.41) is 9.65. The first kappa shape index (κ1) is 39.3. The minimum atomic E-state index is -4.77. The van der Waals surface area contributed by atoms with Crippen molar-refractivity contribution in [1.82, 2.24) is 19.8 Å². The van der Waals surface area contributed by atoms with E-state index in [1.807, 2.05) is 19.1 Å². The van der Waals surface area contributed by atoms with Crippen LogP contribution in [0.25, 0.3) is 56.2 Å². The number of hydrogen-bond donors (Lipinski definition) is 1. The molecule has 58 heavy (non-hydrogen) atoms. The highest BCUT2D eigenvalue weighted by atomic mass is 19.4. The number of nitrogens with zero attached hydrogens (tertiary/aromatic N) is 4. The number of ether oxygens (including phenoxy) is 2. The maximum atomic E-state index is 14.3. The fourth-order valence-electron chi connectivity index (χ4n) is 7.92. The van der Waals surface area contributed by atoms with E-state index in [-0.39, 0.29) is 54.8 Å². The molecule has 10 nitrogen and oxygen atoms in total. The predicted octanol–water partition coefficient (Wildman–Crippen LogP) is 9.68. The zero-order valence-corrected chi connectivity index (χ0v) is 31.0. The third-order valence-electron chi connectivity index (χ3n) is 10.7. The van der Waals surface area contributed by atoms with Crippen molar-refractivity contribution in [3.8, 4) is 39.8 Å². The zero-order valence-electron chi connectivity index (χ0n) is 31.0. The Hall–Kier alpha value is -5.52. The average molecular weight is 813 g/mol. The first-order valence-corrected chi connectivity index (χ1v) is 18.3. The number of aromatic nitrogens is 2. The predicted molar refractivity (Wildman–Crippen MR) is 196 cm³/mol. The second-order valence-corrected chi connectivity index (χ2v) is 14.5. The van der Waals surface area contributed by atoms with Gasteiger partial charge >= 0.3 is 25.4 Å². The Morgan fingerprint density at radius 3 is 2.12 bits per heavy atom. The number of hydrogen-bond acceptors (Lipinski definition) is 9. The first-order chi connectivity index (χ1) is 27.6. The Labute approximate surface area is 325 Å². The number of halogens is 7. The van der Waals surface area contributed by atoms with E-state index in [2.05, 4.69) is 14.7 Å². The third-order valence-corrected chi connectivity index (χ3v) is 10.7. The van der Waals surface area contributed by atoms with Gasteiger partial charge in [0.2, 0.25) is 11.8 Å². The molecule has 6 aromatic rings. The number of carbonyl (C=O) groups is 1. The maximum absolute atomic E-state index is 14.3. The minimum absolute atomic E-state index is 0.00734. The normalized spacial score (nSPS) is 17.0. The van der Waals surface area contributed by atoms with E-state index >= 15 is 0 Å². The Bertz CT molecular complexity index is 2510. The summed E-state index contributed by atoms with van der Waals surface area (Å²) in [4.78, 5) is 24.3. The lowest BCUT2D eigenvalue weighted by Crippen LogP contribution is -2.52. The van der Waals surface area contributed by atoms with Crippen molar-refractivity contribution >= 4 is 28.2 Å². The fourth-order valence-corrected chi connectivity index (χ4v) is 7.92. The molecule has 2 fully saturated rings. The molecule has 304 valence electrons.